The molecule has 2 bridgehead atoms. The van der Waals surface area contributed by atoms with E-state index >= 15 is 0 Å². The van der Waals surface area contributed by atoms with Crippen LogP contribution in [0.5, 0.6) is 0 Å². The van der Waals surface area contributed by atoms with E-state index in [4.69, 9.17) is 0 Å². The normalized spacial score (nSPS) is 18.9. The zero-order valence-electron chi connectivity index (χ0n) is 27.5. The number of unbranched alkanes of at least 4 members (excludes halogenated alkanes) is 1. The van der Waals surface area contributed by atoms with Crippen molar-refractivity contribution >= 4 is 16.8 Å². The highest BCUT2D eigenvalue weighted by Gasteiger charge is 2.47. The summed E-state index contributed by atoms with van der Waals surface area (Å²) >= 11 is 0. The van der Waals surface area contributed by atoms with Crippen molar-refractivity contribution in [3.05, 3.63) is 82.7 Å². The number of rotatable bonds is 11. The van der Waals surface area contributed by atoms with Crippen molar-refractivity contribution < 1.29 is 4.79 Å². The standard InChI is InChI=1S/C38H49N5O/c1-25-19-26(2)21-29(20-25)36-35(27(3)24-42(6)18-8-7-9-28-16-17-39-40-23-28)33-22-30(10-15-34(33)41-36)38(4,5)37(44)43-31-11-12-32(43)14-13-31/h10,15-17,19-23,27,31-32,41H,7-9,11-14,18,24H2,1-6H3. The van der Waals surface area contributed by atoms with Crippen LogP contribution in [-0.4, -0.2) is 63.1 Å². The van der Waals surface area contributed by atoms with Crippen LogP contribution in [0.4, 0.5) is 0 Å². The summed E-state index contributed by atoms with van der Waals surface area (Å²) in [6, 6.07) is 16.5. The second-order valence-electron chi connectivity index (χ2n) is 14.2. The van der Waals surface area contributed by atoms with Gasteiger partial charge in [0, 0.05) is 35.7 Å². The van der Waals surface area contributed by atoms with Gasteiger partial charge in [0.05, 0.1) is 17.3 Å². The van der Waals surface area contributed by atoms with Gasteiger partial charge in [-0.05, 0) is 145 Å². The first-order valence-electron chi connectivity index (χ1n) is 16.6. The van der Waals surface area contributed by atoms with E-state index in [2.05, 4.69) is 109 Å². The number of nitrogens with zero attached hydrogens (tertiary/aromatic N) is 4. The fourth-order valence-corrected chi connectivity index (χ4v) is 7.98. The fourth-order valence-electron chi connectivity index (χ4n) is 7.98. The fraction of sp³-hybridized carbons (Fsp3) is 0.500. The number of fused-ring (bicyclic) bond motifs is 3. The van der Waals surface area contributed by atoms with E-state index in [1.54, 1.807) is 6.20 Å². The molecule has 1 amide bonds. The predicted molar refractivity (Wildman–Crippen MR) is 180 cm³/mol. The predicted octanol–water partition coefficient (Wildman–Crippen LogP) is 7.73. The Kier molecular flexibility index (Phi) is 8.65. The maximum atomic E-state index is 14.1. The van der Waals surface area contributed by atoms with Gasteiger partial charge in [0.25, 0.3) is 0 Å². The first kappa shape index (κ1) is 30.5. The van der Waals surface area contributed by atoms with Gasteiger partial charge in [0.2, 0.25) is 5.91 Å². The first-order valence-corrected chi connectivity index (χ1v) is 16.6. The SMILES string of the molecule is Cc1cc(C)cc(-c2[nH]c3ccc(C(C)(C)C(=O)N4C5CCC4CC5)cc3c2C(C)CN(C)CCCCc2ccnnc2)c1. The molecule has 6 heteroatoms. The number of aryl methyl sites for hydroxylation is 3. The van der Waals surface area contributed by atoms with Gasteiger partial charge in [-0.25, -0.2) is 0 Å². The number of hydrogen-bond acceptors (Lipinski definition) is 4. The molecule has 6 rings (SSSR count). The summed E-state index contributed by atoms with van der Waals surface area (Å²) in [5, 5.41) is 9.15. The highest BCUT2D eigenvalue weighted by molar-refractivity contribution is 5.95. The molecule has 2 aromatic carbocycles. The quantitative estimate of drug-likeness (QED) is 0.181. The summed E-state index contributed by atoms with van der Waals surface area (Å²) in [4.78, 5) is 22.6. The minimum atomic E-state index is -0.571. The van der Waals surface area contributed by atoms with Crippen molar-refractivity contribution in [2.45, 2.75) is 103 Å². The smallest absolute Gasteiger partial charge is 0.233 e. The van der Waals surface area contributed by atoms with E-state index in [-0.39, 0.29) is 0 Å². The van der Waals surface area contributed by atoms with Gasteiger partial charge in [0.15, 0.2) is 0 Å². The third kappa shape index (κ3) is 6.06. The Hall–Kier alpha value is -3.51. The molecular weight excluding hydrogens is 542 g/mol. The molecule has 1 unspecified atom stereocenters. The number of carbonyl (C=O) groups is 1. The Morgan fingerprint density at radius 3 is 2.36 bits per heavy atom. The van der Waals surface area contributed by atoms with Crippen molar-refractivity contribution in [1.29, 1.82) is 0 Å². The molecule has 0 aliphatic carbocycles. The van der Waals surface area contributed by atoms with Gasteiger partial charge < -0.3 is 14.8 Å². The van der Waals surface area contributed by atoms with Gasteiger partial charge in [-0.15, -0.1) is 0 Å². The number of aromatic nitrogens is 3. The molecule has 0 spiro atoms. The maximum absolute atomic E-state index is 14.1. The number of carbonyl (C=O) groups excluding carboxylic acids is 1. The van der Waals surface area contributed by atoms with Crippen LogP contribution in [-0.2, 0) is 16.6 Å². The molecule has 1 atom stereocenters. The summed E-state index contributed by atoms with van der Waals surface area (Å²) < 4.78 is 0. The van der Waals surface area contributed by atoms with Crippen molar-refractivity contribution in [3.63, 3.8) is 0 Å². The van der Waals surface area contributed by atoms with Crippen LogP contribution in [0.25, 0.3) is 22.2 Å². The third-order valence-electron chi connectivity index (χ3n) is 10.3. The van der Waals surface area contributed by atoms with Crippen LogP contribution in [0.15, 0.2) is 54.9 Å². The van der Waals surface area contributed by atoms with Gasteiger partial charge in [-0.2, -0.15) is 10.2 Å². The average molecular weight is 592 g/mol. The Morgan fingerprint density at radius 2 is 1.70 bits per heavy atom. The van der Waals surface area contributed by atoms with Crippen LogP contribution >= 0.6 is 0 Å². The Labute approximate surface area is 263 Å². The number of aromatic amines is 1. The number of nitrogens with one attached hydrogen (secondary N) is 1. The Bertz CT molecular complexity index is 1580. The number of likely N-dealkylation sites (N-methyl/N-ethyl adjacent to an activating group) is 1. The molecule has 0 saturated carbocycles. The van der Waals surface area contributed by atoms with Crippen molar-refractivity contribution in [1.82, 2.24) is 25.0 Å². The molecule has 2 fully saturated rings. The maximum Gasteiger partial charge on any atom is 0.233 e. The van der Waals surface area contributed by atoms with E-state index in [9.17, 15) is 4.79 Å². The summed E-state index contributed by atoms with van der Waals surface area (Å²) in [6.07, 6.45) is 11.6. The zero-order valence-corrected chi connectivity index (χ0v) is 27.5. The highest BCUT2D eigenvalue weighted by atomic mass is 16.2. The van der Waals surface area contributed by atoms with Gasteiger partial charge in [-0.1, -0.05) is 30.2 Å². The lowest BCUT2D eigenvalue weighted by Crippen LogP contribution is -2.45. The molecule has 2 saturated heterocycles. The molecule has 2 aliphatic heterocycles. The Morgan fingerprint density at radius 1 is 1.00 bits per heavy atom. The molecule has 6 nitrogen and oxygen atoms in total. The minimum Gasteiger partial charge on any atom is -0.354 e. The summed E-state index contributed by atoms with van der Waals surface area (Å²) in [6.45, 7) is 13.0. The molecular formula is C38H49N5O. The third-order valence-corrected chi connectivity index (χ3v) is 10.3. The number of benzene rings is 2. The molecule has 4 heterocycles. The topological polar surface area (TPSA) is 65.1 Å². The zero-order chi connectivity index (χ0) is 31.0. The average Bonchev–Trinajstić information content (AvgIpc) is 3.71. The summed E-state index contributed by atoms with van der Waals surface area (Å²) in [5.74, 6) is 0.598. The number of hydrogen-bond donors (Lipinski definition) is 1. The van der Waals surface area contributed by atoms with Crippen LogP contribution in [0, 0.1) is 13.8 Å². The van der Waals surface area contributed by atoms with Gasteiger partial charge in [-0.3, -0.25) is 4.79 Å². The second kappa shape index (κ2) is 12.5. The van der Waals surface area contributed by atoms with E-state index < -0.39 is 5.41 Å². The number of H-pyrrole nitrogens is 1. The van der Waals surface area contributed by atoms with E-state index in [1.165, 1.54) is 64.6 Å². The van der Waals surface area contributed by atoms with Crippen LogP contribution in [0.3, 0.4) is 0 Å². The van der Waals surface area contributed by atoms with Gasteiger partial charge in [0.1, 0.15) is 0 Å². The first-order chi connectivity index (χ1) is 21.1. The van der Waals surface area contributed by atoms with E-state index in [0.717, 1.165) is 43.4 Å². The van der Waals surface area contributed by atoms with Crippen molar-refractivity contribution in [2.75, 3.05) is 20.1 Å². The molecule has 44 heavy (non-hydrogen) atoms. The highest BCUT2D eigenvalue weighted by Crippen LogP contribution is 2.43. The lowest BCUT2D eigenvalue weighted by molar-refractivity contribution is -0.137. The summed E-state index contributed by atoms with van der Waals surface area (Å²) in [7, 11) is 2.24. The largest absolute Gasteiger partial charge is 0.354 e. The second-order valence-corrected chi connectivity index (χ2v) is 14.2. The molecule has 1 N–H and O–H groups in total. The van der Waals surface area contributed by atoms with Crippen LogP contribution in [0.1, 0.15) is 93.0 Å². The molecule has 2 aliphatic rings. The lowest BCUT2D eigenvalue weighted by Gasteiger charge is -2.33. The van der Waals surface area contributed by atoms with E-state index in [0.29, 0.717) is 23.9 Å². The number of amides is 1. The molecule has 0 radical (unpaired) electrons. The van der Waals surface area contributed by atoms with Crippen LogP contribution in [0.2, 0.25) is 0 Å². The monoisotopic (exact) mass is 591 g/mol. The van der Waals surface area contributed by atoms with Gasteiger partial charge >= 0.3 is 0 Å². The lowest BCUT2D eigenvalue weighted by atomic mass is 9.81. The van der Waals surface area contributed by atoms with Crippen molar-refractivity contribution in [2.24, 2.45) is 0 Å². The minimum absolute atomic E-state index is 0.295. The van der Waals surface area contributed by atoms with E-state index in [1.807, 2.05) is 6.20 Å². The van der Waals surface area contributed by atoms with Crippen molar-refractivity contribution in [3.8, 4) is 11.3 Å². The summed E-state index contributed by atoms with van der Waals surface area (Å²) in [5.41, 5.74) is 9.27. The molecule has 2 aromatic heterocycles. The molecule has 4 aromatic rings. The Balaban J connectivity index is 1.28. The molecule has 232 valence electrons. The van der Waals surface area contributed by atoms with Crippen LogP contribution < -0.4 is 0 Å².